The number of carbonyl (C=O) groups excluding carboxylic acids is 1. The molecule has 1 N–H and O–H groups in total. The molecule has 2 aromatic carbocycles. The summed E-state index contributed by atoms with van der Waals surface area (Å²) in [6.45, 7) is 1.60. The molecule has 2 aromatic rings. The SMILES string of the molecule is O=C(c1cccc(/C=N/O)c1)N1CCC(Cc2ccccc2)CC1. The first-order chi connectivity index (χ1) is 11.8. The van der Waals surface area contributed by atoms with E-state index in [-0.39, 0.29) is 5.91 Å². The van der Waals surface area contributed by atoms with Gasteiger partial charge in [0, 0.05) is 18.7 Å². The molecule has 3 rings (SSSR count). The molecule has 0 bridgehead atoms. The van der Waals surface area contributed by atoms with Crippen LogP contribution in [0.15, 0.2) is 59.8 Å². The standard InChI is InChI=1S/C20H22N2O2/c23-20(19-8-4-7-18(14-19)15-21-24)22-11-9-17(10-12-22)13-16-5-2-1-3-6-16/h1-8,14-15,17,24H,9-13H2/b21-15+. The number of rotatable bonds is 4. The van der Waals surface area contributed by atoms with Crippen molar-refractivity contribution in [1.82, 2.24) is 4.90 Å². The number of nitrogens with zero attached hydrogens (tertiary/aromatic N) is 2. The van der Waals surface area contributed by atoms with Gasteiger partial charge in [0.1, 0.15) is 0 Å². The van der Waals surface area contributed by atoms with Gasteiger partial charge in [0.2, 0.25) is 0 Å². The summed E-state index contributed by atoms with van der Waals surface area (Å²) in [7, 11) is 0. The van der Waals surface area contributed by atoms with Gasteiger partial charge in [-0.05, 0) is 48.4 Å². The molecule has 0 aromatic heterocycles. The highest BCUT2D eigenvalue weighted by atomic mass is 16.4. The fourth-order valence-corrected chi connectivity index (χ4v) is 3.29. The van der Waals surface area contributed by atoms with E-state index in [2.05, 4.69) is 29.4 Å². The molecule has 1 saturated heterocycles. The molecule has 0 spiro atoms. The molecule has 1 aliphatic heterocycles. The van der Waals surface area contributed by atoms with Crippen LogP contribution < -0.4 is 0 Å². The summed E-state index contributed by atoms with van der Waals surface area (Å²) in [5.41, 5.74) is 2.74. The quantitative estimate of drug-likeness (QED) is 0.531. The Morgan fingerprint density at radius 1 is 1.12 bits per heavy atom. The van der Waals surface area contributed by atoms with Gasteiger partial charge in [-0.2, -0.15) is 0 Å². The van der Waals surface area contributed by atoms with Crippen molar-refractivity contribution in [1.29, 1.82) is 0 Å². The van der Waals surface area contributed by atoms with Gasteiger partial charge < -0.3 is 10.1 Å². The van der Waals surface area contributed by atoms with Crippen LogP contribution in [-0.2, 0) is 6.42 Å². The van der Waals surface area contributed by atoms with Gasteiger partial charge in [0.25, 0.3) is 5.91 Å². The third-order valence-electron chi connectivity index (χ3n) is 4.61. The molecule has 0 aliphatic carbocycles. The molecule has 0 atom stereocenters. The van der Waals surface area contributed by atoms with Crippen LogP contribution in [0.4, 0.5) is 0 Å². The third-order valence-corrected chi connectivity index (χ3v) is 4.61. The number of hydrogen-bond acceptors (Lipinski definition) is 3. The van der Waals surface area contributed by atoms with Crippen LogP contribution in [-0.4, -0.2) is 35.3 Å². The lowest BCUT2D eigenvalue weighted by Gasteiger charge is -2.32. The van der Waals surface area contributed by atoms with E-state index >= 15 is 0 Å². The molecule has 1 fully saturated rings. The Morgan fingerprint density at radius 2 is 1.88 bits per heavy atom. The molecule has 0 saturated carbocycles. The first-order valence-corrected chi connectivity index (χ1v) is 8.37. The Morgan fingerprint density at radius 3 is 2.58 bits per heavy atom. The van der Waals surface area contributed by atoms with Gasteiger partial charge in [0.05, 0.1) is 6.21 Å². The number of hydrogen-bond donors (Lipinski definition) is 1. The summed E-state index contributed by atoms with van der Waals surface area (Å²) in [5.74, 6) is 0.700. The molecule has 124 valence electrons. The van der Waals surface area contributed by atoms with Crippen molar-refractivity contribution in [2.75, 3.05) is 13.1 Å². The van der Waals surface area contributed by atoms with Crippen molar-refractivity contribution >= 4 is 12.1 Å². The van der Waals surface area contributed by atoms with Gasteiger partial charge in [-0.25, -0.2) is 0 Å². The molecule has 24 heavy (non-hydrogen) atoms. The minimum atomic E-state index is 0.0568. The Bertz CT molecular complexity index is 705. The van der Waals surface area contributed by atoms with Crippen LogP contribution in [0, 0.1) is 5.92 Å². The number of likely N-dealkylation sites (tertiary alicyclic amines) is 1. The minimum absolute atomic E-state index is 0.0568. The maximum Gasteiger partial charge on any atom is 0.253 e. The summed E-state index contributed by atoms with van der Waals surface area (Å²) in [6, 6.07) is 17.7. The van der Waals surface area contributed by atoms with Gasteiger partial charge >= 0.3 is 0 Å². The molecule has 4 heteroatoms. The maximum atomic E-state index is 12.6. The van der Waals surface area contributed by atoms with Crippen molar-refractivity contribution in [3.63, 3.8) is 0 Å². The van der Waals surface area contributed by atoms with Crippen molar-refractivity contribution in [2.45, 2.75) is 19.3 Å². The Hall–Kier alpha value is -2.62. The molecule has 1 heterocycles. The number of carbonyl (C=O) groups is 1. The lowest BCUT2D eigenvalue weighted by molar-refractivity contribution is 0.0690. The first kappa shape index (κ1) is 16.2. The summed E-state index contributed by atoms with van der Waals surface area (Å²) >= 11 is 0. The fourth-order valence-electron chi connectivity index (χ4n) is 3.29. The zero-order valence-corrected chi connectivity index (χ0v) is 13.6. The predicted octanol–water partition coefficient (Wildman–Crippen LogP) is 3.59. The molecular formula is C20H22N2O2. The van der Waals surface area contributed by atoms with Crippen molar-refractivity contribution in [2.24, 2.45) is 11.1 Å². The van der Waals surface area contributed by atoms with Crippen LogP contribution in [0.3, 0.4) is 0 Å². The van der Waals surface area contributed by atoms with Gasteiger partial charge in [0.15, 0.2) is 0 Å². The van der Waals surface area contributed by atoms with Crippen LogP contribution in [0.1, 0.15) is 34.3 Å². The second-order valence-corrected chi connectivity index (χ2v) is 6.30. The van der Waals surface area contributed by atoms with E-state index in [1.807, 2.05) is 29.2 Å². The first-order valence-electron chi connectivity index (χ1n) is 8.37. The summed E-state index contributed by atoms with van der Waals surface area (Å²) in [5, 5.41) is 11.6. The van der Waals surface area contributed by atoms with Crippen molar-refractivity contribution in [3.8, 4) is 0 Å². The van der Waals surface area contributed by atoms with Crippen LogP contribution in [0.25, 0.3) is 0 Å². The summed E-state index contributed by atoms with van der Waals surface area (Å²) in [4.78, 5) is 14.6. The smallest absolute Gasteiger partial charge is 0.253 e. The zero-order valence-electron chi connectivity index (χ0n) is 13.6. The lowest BCUT2D eigenvalue weighted by Crippen LogP contribution is -2.38. The Kier molecular flexibility index (Phi) is 5.26. The van der Waals surface area contributed by atoms with Gasteiger partial charge in [-0.1, -0.05) is 47.6 Å². The highest BCUT2D eigenvalue weighted by Crippen LogP contribution is 2.23. The molecule has 0 radical (unpaired) electrons. The summed E-state index contributed by atoms with van der Waals surface area (Å²) in [6.07, 6.45) is 4.51. The predicted molar refractivity (Wildman–Crippen MR) is 94.6 cm³/mol. The van der Waals surface area contributed by atoms with Crippen LogP contribution >= 0.6 is 0 Å². The van der Waals surface area contributed by atoms with E-state index in [0.29, 0.717) is 11.5 Å². The molecule has 4 nitrogen and oxygen atoms in total. The van der Waals surface area contributed by atoms with E-state index in [9.17, 15) is 4.79 Å². The molecule has 1 aliphatic rings. The average molecular weight is 322 g/mol. The third kappa shape index (κ3) is 4.02. The monoisotopic (exact) mass is 322 g/mol. The minimum Gasteiger partial charge on any atom is -0.411 e. The van der Waals surface area contributed by atoms with E-state index in [0.717, 1.165) is 37.9 Å². The molecule has 1 amide bonds. The van der Waals surface area contributed by atoms with Gasteiger partial charge in [-0.15, -0.1) is 0 Å². The van der Waals surface area contributed by atoms with Crippen molar-refractivity contribution < 1.29 is 10.0 Å². The van der Waals surface area contributed by atoms with E-state index in [4.69, 9.17) is 5.21 Å². The lowest BCUT2D eigenvalue weighted by atomic mass is 9.90. The topological polar surface area (TPSA) is 52.9 Å². The number of amides is 1. The number of oxime groups is 1. The van der Waals surface area contributed by atoms with Crippen LogP contribution in [0.5, 0.6) is 0 Å². The molecular weight excluding hydrogens is 300 g/mol. The number of piperidine rings is 1. The fraction of sp³-hybridized carbons (Fsp3) is 0.300. The largest absolute Gasteiger partial charge is 0.411 e. The second-order valence-electron chi connectivity index (χ2n) is 6.30. The number of benzene rings is 2. The Labute approximate surface area is 142 Å². The highest BCUT2D eigenvalue weighted by molar-refractivity contribution is 5.96. The van der Waals surface area contributed by atoms with Gasteiger partial charge in [-0.3, -0.25) is 4.79 Å². The normalized spacial score (nSPS) is 15.8. The van der Waals surface area contributed by atoms with E-state index in [1.165, 1.54) is 11.8 Å². The maximum absolute atomic E-state index is 12.6. The average Bonchev–Trinajstić information content (AvgIpc) is 2.63. The molecule has 0 unspecified atom stereocenters. The highest BCUT2D eigenvalue weighted by Gasteiger charge is 2.23. The Balaban J connectivity index is 1.58. The van der Waals surface area contributed by atoms with Crippen LogP contribution in [0.2, 0.25) is 0 Å². The zero-order chi connectivity index (χ0) is 16.8. The van der Waals surface area contributed by atoms with E-state index in [1.54, 1.807) is 6.07 Å². The van der Waals surface area contributed by atoms with Crippen molar-refractivity contribution in [3.05, 3.63) is 71.3 Å². The second kappa shape index (κ2) is 7.77. The summed E-state index contributed by atoms with van der Waals surface area (Å²) < 4.78 is 0. The van der Waals surface area contributed by atoms with E-state index < -0.39 is 0 Å².